The van der Waals surface area contributed by atoms with Crippen molar-refractivity contribution in [3.8, 4) is 11.1 Å². The van der Waals surface area contributed by atoms with Crippen LogP contribution in [-0.4, -0.2) is 22.4 Å². The van der Waals surface area contributed by atoms with Crippen molar-refractivity contribution < 1.29 is 0 Å². The minimum Gasteiger partial charge on any atom is -0.382 e. The second-order valence-corrected chi connectivity index (χ2v) is 6.78. The first-order valence-corrected chi connectivity index (χ1v) is 8.32. The van der Waals surface area contributed by atoms with E-state index in [1.54, 1.807) is 6.20 Å². The largest absolute Gasteiger partial charge is 0.382 e. The van der Waals surface area contributed by atoms with E-state index >= 15 is 0 Å². The van der Waals surface area contributed by atoms with E-state index in [9.17, 15) is 0 Å². The quantitative estimate of drug-likeness (QED) is 0.937. The lowest BCUT2D eigenvalue weighted by atomic mass is 9.86. The van der Waals surface area contributed by atoms with Crippen LogP contribution < -0.4 is 10.6 Å². The fourth-order valence-corrected chi connectivity index (χ4v) is 4.10. The number of aromatic nitrogens is 2. The van der Waals surface area contributed by atoms with Gasteiger partial charge in [0.15, 0.2) is 0 Å². The molecule has 3 rings (SSSR count). The van der Waals surface area contributed by atoms with Crippen LogP contribution in [0.4, 0.5) is 10.8 Å². The van der Waals surface area contributed by atoms with Gasteiger partial charge < -0.3 is 10.6 Å². The summed E-state index contributed by atoms with van der Waals surface area (Å²) in [6.45, 7) is 2.35. The molecule has 112 valence electrons. The Kier molecular flexibility index (Phi) is 4.10. The fourth-order valence-electron chi connectivity index (χ4n) is 3.24. The Labute approximate surface area is 130 Å². The topological polar surface area (TPSA) is 55.0 Å². The normalized spacial score (nSPS) is 22.2. The predicted molar refractivity (Wildman–Crippen MR) is 89.6 cm³/mol. The molecule has 0 aromatic carbocycles. The van der Waals surface area contributed by atoms with Crippen LogP contribution in [0.3, 0.4) is 0 Å². The molecule has 4 nitrogen and oxygen atoms in total. The van der Waals surface area contributed by atoms with E-state index in [1.807, 2.05) is 18.3 Å². The molecular weight excluding hydrogens is 280 g/mol. The van der Waals surface area contributed by atoms with Crippen molar-refractivity contribution in [3.63, 3.8) is 0 Å². The first-order valence-electron chi connectivity index (χ1n) is 7.55. The number of nitrogen functional groups attached to an aromatic ring is 1. The molecule has 1 fully saturated rings. The molecule has 2 aromatic heterocycles. The molecule has 1 aliphatic carbocycles. The van der Waals surface area contributed by atoms with E-state index in [2.05, 4.69) is 28.2 Å². The summed E-state index contributed by atoms with van der Waals surface area (Å²) in [7, 11) is 2.18. The van der Waals surface area contributed by atoms with E-state index in [4.69, 9.17) is 5.73 Å². The smallest absolute Gasteiger partial charge is 0.147 e. The monoisotopic (exact) mass is 302 g/mol. The number of pyridine rings is 1. The SMILES string of the molecule is CC1CCCC(N(C)c2snc(N)c2-c2cccnc2)C1. The molecule has 0 radical (unpaired) electrons. The second-order valence-electron chi connectivity index (χ2n) is 6.03. The Bertz CT molecular complexity index is 596. The van der Waals surface area contributed by atoms with Crippen molar-refractivity contribution >= 4 is 22.4 Å². The number of nitrogens with zero attached hydrogens (tertiary/aromatic N) is 3. The molecule has 2 heterocycles. The van der Waals surface area contributed by atoms with Crippen molar-refractivity contribution in [2.24, 2.45) is 5.92 Å². The fraction of sp³-hybridized carbons (Fsp3) is 0.500. The summed E-state index contributed by atoms with van der Waals surface area (Å²) in [5.41, 5.74) is 8.20. The van der Waals surface area contributed by atoms with Crippen molar-refractivity contribution in [1.29, 1.82) is 0 Å². The molecule has 2 N–H and O–H groups in total. The summed E-state index contributed by atoms with van der Waals surface area (Å²) in [6.07, 6.45) is 8.82. The highest BCUT2D eigenvalue weighted by atomic mass is 32.1. The van der Waals surface area contributed by atoms with E-state index in [1.165, 1.54) is 42.2 Å². The van der Waals surface area contributed by atoms with Crippen LogP contribution in [0.15, 0.2) is 24.5 Å². The van der Waals surface area contributed by atoms with Gasteiger partial charge in [-0.3, -0.25) is 4.98 Å². The molecule has 0 amide bonds. The minimum absolute atomic E-state index is 0.587. The van der Waals surface area contributed by atoms with Gasteiger partial charge in [0, 0.05) is 31.0 Å². The van der Waals surface area contributed by atoms with E-state index < -0.39 is 0 Å². The van der Waals surface area contributed by atoms with Crippen LogP contribution in [0.1, 0.15) is 32.6 Å². The number of anilines is 2. The molecule has 2 aromatic rings. The Morgan fingerprint density at radius 1 is 1.38 bits per heavy atom. The maximum Gasteiger partial charge on any atom is 0.147 e. The van der Waals surface area contributed by atoms with Gasteiger partial charge >= 0.3 is 0 Å². The van der Waals surface area contributed by atoms with Crippen molar-refractivity contribution in [2.45, 2.75) is 38.6 Å². The highest BCUT2D eigenvalue weighted by Gasteiger charge is 2.26. The highest BCUT2D eigenvalue weighted by Crippen LogP contribution is 2.41. The number of rotatable bonds is 3. The molecular formula is C16H22N4S. The van der Waals surface area contributed by atoms with Crippen LogP contribution >= 0.6 is 11.5 Å². The maximum absolute atomic E-state index is 6.11. The Morgan fingerprint density at radius 2 is 2.24 bits per heavy atom. The highest BCUT2D eigenvalue weighted by molar-refractivity contribution is 7.11. The molecule has 1 aliphatic rings. The summed E-state index contributed by atoms with van der Waals surface area (Å²) in [6, 6.07) is 4.58. The third kappa shape index (κ3) is 2.88. The lowest BCUT2D eigenvalue weighted by Gasteiger charge is -2.35. The molecule has 1 saturated carbocycles. The van der Waals surface area contributed by atoms with E-state index in [0.29, 0.717) is 11.9 Å². The van der Waals surface area contributed by atoms with Gasteiger partial charge in [0.2, 0.25) is 0 Å². The average Bonchev–Trinajstić information content (AvgIpc) is 2.89. The van der Waals surface area contributed by atoms with Gasteiger partial charge in [0.25, 0.3) is 0 Å². The zero-order valence-corrected chi connectivity index (χ0v) is 13.4. The van der Waals surface area contributed by atoms with E-state index in [-0.39, 0.29) is 0 Å². The van der Waals surface area contributed by atoms with Crippen molar-refractivity contribution in [2.75, 3.05) is 17.7 Å². The summed E-state index contributed by atoms with van der Waals surface area (Å²) in [5, 5.41) is 1.17. The van der Waals surface area contributed by atoms with Crippen molar-refractivity contribution in [3.05, 3.63) is 24.5 Å². The van der Waals surface area contributed by atoms with Crippen LogP contribution in [0.5, 0.6) is 0 Å². The first kappa shape index (κ1) is 14.3. The Hall–Kier alpha value is -1.62. The van der Waals surface area contributed by atoms with Gasteiger partial charge in [-0.05, 0) is 36.4 Å². The van der Waals surface area contributed by atoms with Gasteiger partial charge in [0.1, 0.15) is 10.8 Å². The molecule has 0 saturated heterocycles. The third-order valence-electron chi connectivity index (χ3n) is 4.43. The molecule has 0 spiro atoms. The van der Waals surface area contributed by atoms with Crippen LogP contribution in [0, 0.1) is 5.92 Å². The summed E-state index contributed by atoms with van der Waals surface area (Å²) < 4.78 is 4.38. The van der Waals surface area contributed by atoms with Gasteiger partial charge in [0.05, 0.1) is 5.56 Å². The zero-order chi connectivity index (χ0) is 14.8. The zero-order valence-electron chi connectivity index (χ0n) is 12.6. The van der Waals surface area contributed by atoms with Gasteiger partial charge in [-0.25, -0.2) is 0 Å². The number of hydrogen-bond acceptors (Lipinski definition) is 5. The maximum atomic E-state index is 6.11. The molecule has 2 atom stereocenters. The summed E-state index contributed by atoms with van der Waals surface area (Å²) in [5.74, 6) is 1.41. The molecule has 2 unspecified atom stereocenters. The minimum atomic E-state index is 0.587. The standard InChI is InChI=1S/C16H22N4S/c1-11-5-3-7-13(9-11)20(2)16-14(15(17)19-21-16)12-6-4-8-18-10-12/h4,6,8,10-11,13H,3,5,7,9H2,1-2H3,(H2,17,19). The first-order chi connectivity index (χ1) is 10.2. The molecule has 21 heavy (non-hydrogen) atoms. The van der Waals surface area contributed by atoms with Gasteiger partial charge in [-0.15, -0.1) is 0 Å². The lowest BCUT2D eigenvalue weighted by Crippen LogP contribution is -2.35. The summed E-state index contributed by atoms with van der Waals surface area (Å²) in [4.78, 5) is 6.59. The molecule has 0 aliphatic heterocycles. The lowest BCUT2D eigenvalue weighted by molar-refractivity contribution is 0.337. The summed E-state index contributed by atoms with van der Waals surface area (Å²) >= 11 is 1.50. The predicted octanol–water partition coefficient (Wildman–Crippen LogP) is 3.80. The third-order valence-corrected chi connectivity index (χ3v) is 5.38. The van der Waals surface area contributed by atoms with Gasteiger partial charge in [-0.1, -0.05) is 25.8 Å². The Morgan fingerprint density at radius 3 is 2.95 bits per heavy atom. The molecule has 5 heteroatoms. The van der Waals surface area contributed by atoms with Crippen LogP contribution in [0.2, 0.25) is 0 Å². The van der Waals surface area contributed by atoms with Crippen LogP contribution in [0.25, 0.3) is 11.1 Å². The average molecular weight is 302 g/mol. The Balaban J connectivity index is 1.92. The number of nitrogens with two attached hydrogens (primary N) is 1. The number of hydrogen-bond donors (Lipinski definition) is 1. The van der Waals surface area contributed by atoms with Crippen LogP contribution in [-0.2, 0) is 0 Å². The second kappa shape index (κ2) is 6.02. The van der Waals surface area contributed by atoms with E-state index in [0.717, 1.165) is 17.0 Å². The van der Waals surface area contributed by atoms with Crippen molar-refractivity contribution in [1.82, 2.24) is 9.36 Å². The van der Waals surface area contributed by atoms with Gasteiger partial charge in [-0.2, -0.15) is 4.37 Å². The molecule has 0 bridgehead atoms.